The minimum atomic E-state index is 0.0126. The van der Waals surface area contributed by atoms with Gasteiger partial charge in [-0.2, -0.15) is 0 Å². The molecule has 2 rings (SSSR count). The summed E-state index contributed by atoms with van der Waals surface area (Å²) in [4.78, 5) is 14.4. The maximum Gasteiger partial charge on any atom is 0.258 e. The first-order valence-electron chi connectivity index (χ1n) is 5.20. The summed E-state index contributed by atoms with van der Waals surface area (Å²) in [6.45, 7) is 0.818. The number of rotatable bonds is 3. The Kier molecular flexibility index (Phi) is 3.74. The van der Waals surface area contributed by atoms with E-state index in [4.69, 9.17) is 4.42 Å². The Morgan fingerprint density at radius 2 is 2.31 bits per heavy atom. The molecule has 0 spiro atoms. The number of hydrogen-bond acceptors (Lipinski definition) is 2. The average Bonchev–Trinajstić information content (AvgIpc) is 2.61. The Balaban J connectivity index is 1.92. The van der Waals surface area contributed by atoms with Gasteiger partial charge in [0.25, 0.3) is 5.91 Å². The SMILES string of the molecule is CN(CC1CC(Br)C1)C(=O)c1ccoc1Br. The van der Waals surface area contributed by atoms with Gasteiger partial charge in [0, 0.05) is 18.4 Å². The summed E-state index contributed by atoms with van der Waals surface area (Å²) in [5.41, 5.74) is 0.595. The molecule has 1 aromatic rings. The Bertz CT molecular complexity index is 385. The summed E-state index contributed by atoms with van der Waals surface area (Å²) in [6.07, 6.45) is 3.83. The summed E-state index contributed by atoms with van der Waals surface area (Å²) < 4.78 is 5.57. The average molecular weight is 351 g/mol. The normalized spacial score (nSPS) is 23.9. The summed E-state index contributed by atoms with van der Waals surface area (Å²) >= 11 is 6.77. The number of furan rings is 1. The van der Waals surface area contributed by atoms with Gasteiger partial charge in [-0.05, 0) is 40.8 Å². The van der Waals surface area contributed by atoms with Gasteiger partial charge in [-0.1, -0.05) is 15.9 Å². The van der Waals surface area contributed by atoms with Crippen LogP contribution in [0.5, 0.6) is 0 Å². The van der Waals surface area contributed by atoms with E-state index in [0.717, 1.165) is 19.4 Å². The second-order valence-corrected chi connectivity index (χ2v) is 6.24. The van der Waals surface area contributed by atoms with Crippen LogP contribution in [0.4, 0.5) is 0 Å². The number of carbonyl (C=O) groups is 1. The van der Waals surface area contributed by atoms with Crippen LogP contribution >= 0.6 is 31.9 Å². The van der Waals surface area contributed by atoms with Gasteiger partial charge in [0.1, 0.15) is 0 Å². The van der Waals surface area contributed by atoms with Crippen LogP contribution in [0.1, 0.15) is 23.2 Å². The Morgan fingerprint density at radius 3 is 2.81 bits per heavy atom. The fourth-order valence-corrected chi connectivity index (χ4v) is 3.39. The predicted molar refractivity (Wildman–Crippen MR) is 68.8 cm³/mol. The number of hydrogen-bond donors (Lipinski definition) is 0. The van der Waals surface area contributed by atoms with Gasteiger partial charge in [-0.15, -0.1) is 0 Å². The van der Waals surface area contributed by atoms with E-state index in [1.807, 2.05) is 7.05 Å². The van der Waals surface area contributed by atoms with Crippen LogP contribution in [0.3, 0.4) is 0 Å². The molecular weight excluding hydrogens is 338 g/mol. The third-order valence-corrected chi connectivity index (χ3v) is 4.27. The molecule has 88 valence electrons. The standard InChI is InChI=1S/C11H13Br2NO2/c1-14(6-7-4-8(12)5-7)11(15)9-2-3-16-10(9)13/h2-3,7-8H,4-6H2,1H3. The van der Waals surface area contributed by atoms with E-state index >= 15 is 0 Å². The lowest BCUT2D eigenvalue weighted by molar-refractivity contribution is 0.0747. The van der Waals surface area contributed by atoms with E-state index in [0.29, 0.717) is 21.0 Å². The van der Waals surface area contributed by atoms with Crippen molar-refractivity contribution >= 4 is 37.8 Å². The molecule has 1 fully saturated rings. The summed E-state index contributed by atoms with van der Waals surface area (Å²) in [5, 5.41) is 0. The van der Waals surface area contributed by atoms with Gasteiger partial charge in [0.15, 0.2) is 4.67 Å². The largest absolute Gasteiger partial charge is 0.457 e. The first-order chi connectivity index (χ1) is 7.58. The Hall–Kier alpha value is -0.290. The second-order valence-electron chi connectivity index (χ2n) is 4.23. The smallest absolute Gasteiger partial charge is 0.258 e. The summed E-state index contributed by atoms with van der Waals surface area (Å²) in [6, 6.07) is 1.69. The van der Waals surface area contributed by atoms with Gasteiger partial charge in [-0.3, -0.25) is 4.79 Å². The molecule has 0 bridgehead atoms. The van der Waals surface area contributed by atoms with Gasteiger partial charge in [0.2, 0.25) is 0 Å². The van der Waals surface area contributed by atoms with Crippen molar-refractivity contribution in [2.24, 2.45) is 5.92 Å². The molecule has 5 heteroatoms. The number of nitrogens with zero attached hydrogens (tertiary/aromatic N) is 1. The molecule has 0 radical (unpaired) electrons. The predicted octanol–water partition coefficient (Wildman–Crippen LogP) is 3.29. The number of halogens is 2. The molecule has 0 N–H and O–H groups in total. The fraction of sp³-hybridized carbons (Fsp3) is 0.545. The van der Waals surface area contributed by atoms with Crippen LogP contribution in [0.2, 0.25) is 0 Å². The molecule has 1 amide bonds. The molecule has 1 aliphatic rings. The van der Waals surface area contributed by atoms with Crippen molar-refractivity contribution in [2.45, 2.75) is 17.7 Å². The third kappa shape index (κ3) is 2.51. The van der Waals surface area contributed by atoms with E-state index in [2.05, 4.69) is 31.9 Å². The van der Waals surface area contributed by atoms with E-state index in [1.54, 1.807) is 11.0 Å². The van der Waals surface area contributed by atoms with Crippen LogP contribution in [-0.4, -0.2) is 29.2 Å². The highest BCUT2D eigenvalue weighted by Crippen LogP contribution is 2.34. The second kappa shape index (κ2) is 4.92. The van der Waals surface area contributed by atoms with Crippen molar-refractivity contribution in [1.82, 2.24) is 4.90 Å². The van der Waals surface area contributed by atoms with Crippen molar-refractivity contribution < 1.29 is 9.21 Å². The monoisotopic (exact) mass is 349 g/mol. The Morgan fingerprint density at radius 1 is 1.62 bits per heavy atom. The van der Waals surface area contributed by atoms with Crippen LogP contribution in [-0.2, 0) is 0 Å². The van der Waals surface area contributed by atoms with Crippen LogP contribution in [0, 0.1) is 5.92 Å². The molecular formula is C11H13Br2NO2. The maximum atomic E-state index is 12.0. The van der Waals surface area contributed by atoms with Gasteiger partial charge in [-0.25, -0.2) is 0 Å². The van der Waals surface area contributed by atoms with Crippen LogP contribution in [0.25, 0.3) is 0 Å². The molecule has 0 aliphatic heterocycles. The highest BCUT2D eigenvalue weighted by atomic mass is 79.9. The highest BCUT2D eigenvalue weighted by molar-refractivity contribution is 9.10. The van der Waals surface area contributed by atoms with Gasteiger partial charge in [0.05, 0.1) is 11.8 Å². The molecule has 1 aliphatic carbocycles. The first-order valence-corrected chi connectivity index (χ1v) is 6.91. The molecule has 1 saturated carbocycles. The summed E-state index contributed by atoms with van der Waals surface area (Å²) in [5.74, 6) is 0.641. The van der Waals surface area contributed by atoms with E-state index in [9.17, 15) is 4.79 Å². The van der Waals surface area contributed by atoms with E-state index in [-0.39, 0.29) is 5.91 Å². The van der Waals surface area contributed by atoms with Crippen LogP contribution in [0.15, 0.2) is 21.4 Å². The van der Waals surface area contributed by atoms with Crippen LogP contribution < -0.4 is 0 Å². The number of alkyl halides is 1. The minimum Gasteiger partial charge on any atom is -0.457 e. The maximum absolute atomic E-state index is 12.0. The molecule has 0 atom stereocenters. The van der Waals surface area contributed by atoms with Gasteiger partial charge >= 0.3 is 0 Å². The zero-order valence-electron chi connectivity index (χ0n) is 8.95. The lowest BCUT2D eigenvalue weighted by atomic mass is 9.85. The van der Waals surface area contributed by atoms with E-state index < -0.39 is 0 Å². The molecule has 1 heterocycles. The molecule has 0 unspecified atom stereocenters. The van der Waals surface area contributed by atoms with E-state index in [1.165, 1.54) is 6.26 Å². The van der Waals surface area contributed by atoms with Crippen molar-refractivity contribution in [2.75, 3.05) is 13.6 Å². The first kappa shape index (κ1) is 12.2. The van der Waals surface area contributed by atoms with Crippen molar-refractivity contribution in [1.29, 1.82) is 0 Å². The lowest BCUT2D eigenvalue weighted by Crippen LogP contribution is -2.37. The molecule has 16 heavy (non-hydrogen) atoms. The fourth-order valence-electron chi connectivity index (χ4n) is 1.93. The zero-order chi connectivity index (χ0) is 11.7. The third-order valence-electron chi connectivity index (χ3n) is 2.91. The van der Waals surface area contributed by atoms with Crippen molar-refractivity contribution in [3.05, 3.63) is 22.6 Å². The zero-order valence-corrected chi connectivity index (χ0v) is 12.1. The van der Waals surface area contributed by atoms with Crippen molar-refractivity contribution in [3.8, 4) is 0 Å². The quantitative estimate of drug-likeness (QED) is 0.784. The molecule has 0 aromatic carbocycles. The van der Waals surface area contributed by atoms with Gasteiger partial charge < -0.3 is 9.32 Å². The minimum absolute atomic E-state index is 0.0126. The van der Waals surface area contributed by atoms with Crippen molar-refractivity contribution in [3.63, 3.8) is 0 Å². The topological polar surface area (TPSA) is 33.5 Å². The lowest BCUT2D eigenvalue weighted by Gasteiger charge is -2.34. The molecule has 1 aromatic heterocycles. The number of amides is 1. The highest BCUT2D eigenvalue weighted by Gasteiger charge is 2.29. The molecule has 0 saturated heterocycles. The Labute approximate surface area is 111 Å². The molecule has 3 nitrogen and oxygen atoms in total. The summed E-state index contributed by atoms with van der Waals surface area (Å²) in [7, 11) is 1.84. The number of carbonyl (C=O) groups excluding carboxylic acids is 1.